The minimum Gasteiger partial charge on any atom is -0.491 e. The van der Waals surface area contributed by atoms with Crippen molar-refractivity contribution in [3.63, 3.8) is 0 Å². The number of methoxy groups -OCH3 is 1. The molecule has 0 radical (unpaired) electrons. The summed E-state index contributed by atoms with van der Waals surface area (Å²) in [6.45, 7) is 2.93. The average Bonchev–Trinajstić information content (AvgIpc) is 3.13. The summed E-state index contributed by atoms with van der Waals surface area (Å²) in [6, 6.07) is 17.6. The normalized spacial score (nSPS) is 18.8. The zero-order valence-electron chi connectivity index (χ0n) is 15.5. The van der Waals surface area contributed by atoms with E-state index in [1.165, 1.54) is 5.56 Å². The quantitative estimate of drug-likeness (QED) is 0.738. The van der Waals surface area contributed by atoms with E-state index in [-0.39, 0.29) is 30.2 Å². The topological polar surface area (TPSA) is 64.8 Å². The Kier molecular flexibility index (Phi) is 8.10. The largest absolute Gasteiger partial charge is 0.491 e. The first kappa shape index (κ1) is 21.2. The maximum atomic E-state index is 13.0. The van der Waals surface area contributed by atoms with Crippen LogP contribution in [0.4, 0.5) is 0 Å². The van der Waals surface area contributed by atoms with Crippen molar-refractivity contribution < 1.29 is 14.3 Å². The molecule has 2 aromatic carbocycles. The van der Waals surface area contributed by atoms with Crippen LogP contribution in [0.15, 0.2) is 54.6 Å². The summed E-state index contributed by atoms with van der Waals surface area (Å²) in [7, 11) is 1.63. The third kappa shape index (κ3) is 5.22. The van der Waals surface area contributed by atoms with E-state index in [4.69, 9.17) is 15.2 Å². The third-order valence-electron chi connectivity index (χ3n) is 4.90. The lowest BCUT2D eigenvalue weighted by Gasteiger charge is -2.17. The highest BCUT2D eigenvalue weighted by molar-refractivity contribution is 5.94. The second kappa shape index (κ2) is 10.3. The molecule has 1 amide bonds. The first-order valence-corrected chi connectivity index (χ1v) is 8.99. The van der Waals surface area contributed by atoms with E-state index < -0.39 is 0 Å². The predicted molar refractivity (Wildman–Crippen MR) is 109 cm³/mol. The molecule has 1 fully saturated rings. The van der Waals surface area contributed by atoms with Crippen LogP contribution < -0.4 is 10.5 Å². The Morgan fingerprint density at radius 1 is 1.11 bits per heavy atom. The Morgan fingerprint density at radius 2 is 1.89 bits per heavy atom. The van der Waals surface area contributed by atoms with E-state index >= 15 is 0 Å². The predicted octanol–water partition coefficient (Wildman–Crippen LogP) is 2.95. The Morgan fingerprint density at radius 3 is 2.59 bits per heavy atom. The van der Waals surface area contributed by atoms with Crippen molar-refractivity contribution in [2.24, 2.45) is 11.7 Å². The Bertz CT molecular complexity index is 726. The van der Waals surface area contributed by atoms with Crippen molar-refractivity contribution in [1.82, 2.24) is 4.90 Å². The van der Waals surface area contributed by atoms with Crippen LogP contribution in [0.1, 0.15) is 21.8 Å². The van der Waals surface area contributed by atoms with Gasteiger partial charge in [0, 0.05) is 31.7 Å². The number of amides is 1. The summed E-state index contributed by atoms with van der Waals surface area (Å²) < 4.78 is 10.6. The van der Waals surface area contributed by atoms with E-state index in [1.807, 2.05) is 41.3 Å². The van der Waals surface area contributed by atoms with Gasteiger partial charge in [-0.25, -0.2) is 0 Å². The molecule has 3 rings (SSSR count). The molecule has 5 nitrogen and oxygen atoms in total. The second-order valence-corrected chi connectivity index (χ2v) is 6.59. The van der Waals surface area contributed by atoms with Gasteiger partial charge in [0.2, 0.25) is 0 Å². The van der Waals surface area contributed by atoms with Crippen LogP contribution in [0, 0.1) is 5.92 Å². The Hall–Kier alpha value is -2.08. The van der Waals surface area contributed by atoms with Crippen LogP contribution in [0.2, 0.25) is 0 Å². The fraction of sp³-hybridized carbons (Fsp3) is 0.381. The summed E-state index contributed by atoms with van der Waals surface area (Å²) >= 11 is 0. The molecule has 2 aromatic rings. The van der Waals surface area contributed by atoms with Crippen molar-refractivity contribution in [2.45, 2.75) is 5.92 Å². The molecule has 0 aliphatic carbocycles. The zero-order chi connectivity index (χ0) is 18.4. The number of nitrogens with two attached hydrogens (primary N) is 1. The minimum absolute atomic E-state index is 0. The van der Waals surface area contributed by atoms with Gasteiger partial charge in [-0.15, -0.1) is 12.4 Å². The van der Waals surface area contributed by atoms with Crippen molar-refractivity contribution in [3.8, 4) is 5.75 Å². The summed E-state index contributed by atoms with van der Waals surface area (Å²) in [5.41, 5.74) is 7.87. The van der Waals surface area contributed by atoms with E-state index in [2.05, 4.69) is 12.1 Å². The van der Waals surface area contributed by atoms with Gasteiger partial charge in [0.1, 0.15) is 12.4 Å². The molecule has 146 valence electrons. The average molecular weight is 391 g/mol. The first-order chi connectivity index (χ1) is 12.7. The molecule has 0 bridgehead atoms. The third-order valence-corrected chi connectivity index (χ3v) is 4.90. The molecule has 1 aliphatic rings. The molecule has 1 aliphatic heterocycles. The number of hydrogen-bond acceptors (Lipinski definition) is 4. The highest BCUT2D eigenvalue weighted by Crippen LogP contribution is 2.33. The highest BCUT2D eigenvalue weighted by Gasteiger charge is 2.35. The van der Waals surface area contributed by atoms with Gasteiger partial charge < -0.3 is 20.1 Å². The number of carbonyl (C=O) groups excluding carboxylic acids is 1. The molecule has 2 N–H and O–H groups in total. The minimum atomic E-state index is 0. The number of hydrogen-bond donors (Lipinski definition) is 1. The van der Waals surface area contributed by atoms with Gasteiger partial charge in [-0.1, -0.05) is 36.4 Å². The van der Waals surface area contributed by atoms with E-state index in [9.17, 15) is 4.79 Å². The zero-order valence-corrected chi connectivity index (χ0v) is 16.4. The molecular formula is C21H27ClN2O3. The van der Waals surface area contributed by atoms with Gasteiger partial charge in [0.15, 0.2) is 0 Å². The Balaban J connectivity index is 0.00000261. The lowest BCUT2D eigenvalue weighted by atomic mass is 9.89. The summed E-state index contributed by atoms with van der Waals surface area (Å²) in [5, 5.41) is 0. The molecule has 0 unspecified atom stereocenters. The molecule has 0 aromatic heterocycles. The maximum Gasteiger partial charge on any atom is 0.254 e. The van der Waals surface area contributed by atoms with Crippen molar-refractivity contribution >= 4 is 18.3 Å². The fourth-order valence-corrected chi connectivity index (χ4v) is 3.50. The van der Waals surface area contributed by atoms with E-state index in [0.717, 1.165) is 0 Å². The van der Waals surface area contributed by atoms with Crippen LogP contribution in [0.5, 0.6) is 5.75 Å². The van der Waals surface area contributed by atoms with Crippen molar-refractivity contribution in [2.75, 3.05) is 40.0 Å². The monoisotopic (exact) mass is 390 g/mol. The number of nitrogens with zero attached hydrogens (tertiary/aromatic N) is 1. The fourth-order valence-electron chi connectivity index (χ4n) is 3.50. The lowest BCUT2D eigenvalue weighted by molar-refractivity contribution is 0.0785. The van der Waals surface area contributed by atoms with Gasteiger partial charge in [-0.05, 0) is 36.2 Å². The number of ether oxygens (including phenoxy) is 2. The molecule has 0 saturated carbocycles. The molecular weight excluding hydrogens is 364 g/mol. The van der Waals surface area contributed by atoms with Gasteiger partial charge in [-0.2, -0.15) is 0 Å². The van der Waals surface area contributed by atoms with Crippen LogP contribution >= 0.6 is 12.4 Å². The SMILES string of the molecule is COCCOc1cccc(C(=O)N2C[C@@H](CN)[C@H](c3ccccc3)C2)c1.Cl. The van der Waals surface area contributed by atoms with Gasteiger partial charge in [-0.3, -0.25) is 4.79 Å². The highest BCUT2D eigenvalue weighted by atomic mass is 35.5. The van der Waals surface area contributed by atoms with Crippen LogP contribution in [0.3, 0.4) is 0 Å². The molecule has 2 atom stereocenters. The lowest BCUT2D eigenvalue weighted by Crippen LogP contribution is -2.29. The number of carbonyl (C=O) groups is 1. The van der Waals surface area contributed by atoms with Gasteiger partial charge in [0.05, 0.1) is 6.61 Å². The van der Waals surface area contributed by atoms with E-state index in [0.29, 0.717) is 44.2 Å². The van der Waals surface area contributed by atoms with Gasteiger partial charge >= 0.3 is 0 Å². The molecule has 6 heteroatoms. The summed E-state index contributed by atoms with van der Waals surface area (Å²) in [6.07, 6.45) is 0. The van der Waals surface area contributed by atoms with Crippen LogP contribution in [0.25, 0.3) is 0 Å². The second-order valence-electron chi connectivity index (χ2n) is 6.59. The number of halogens is 1. The standard InChI is InChI=1S/C21H26N2O3.ClH/c1-25-10-11-26-19-9-5-8-17(12-19)21(24)23-14-18(13-22)20(15-23)16-6-3-2-4-7-16;/h2-9,12,18,20H,10-11,13-15,22H2,1H3;1H/t18-,20+;/m1./s1. The maximum absolute atomic E-state index is 13.0. The number of rotatable bonds is 7. The summed E-state index contributed by atoms with van der Waals surface area (Å²) in [5.74, 6) is 1.27. The molecule has 1 heterocycles. The van der Waals surface area contributed by atoms with Gasteiger partial charge in [0.25, 0.3) is 5.91 Å². The first-order valence-electron chi connectivity index (χ1n) is 8.99. The van der Waals surface area contributed by atoms with Crippen molar-refractivity contribution in [1.29, 1.82) is 0 Å². The van der Waals surface area contributed by atoms with Crippen LogP contribution in [-0.2, 0) is 4.74 Å². The van der Waals surface area contributed by atoms with Crippen molar-refractivity contribution in [3.05, 3.63) is 65.7 Å². The number of benzene rings is 2. The smallest absolute Gasteiger partial charge is 0.254 e. The molecule has 1 saturated heterocycles. The van der Waals surface area contributed by atoms with E-state index in [1.54, 1.807) is 13.2 Å². The molecule has 0 spiro atoms. The number of likely N-dealkylation sites (tertiary alicyclic amines) is 1. The summed E-state index contributed by atoms with van der Waals surface area (Å²) in [4.78, 5) is 14.9. The van der Waals surface area contributed by atoms with Crippen LogP contribution in [-0.4, -0.2) is 50.8 Å². The molecule has 27 heavy (non-hydrogen) atoms. The Labute approximate surface area is 166 Å².